The number of rotatable bonds is 9. The van der Waals surface area contributed by atoms with E-state index in [2.05, 4.69) is 84.2 Å². The molecule has 0 atom stereocenters. The zero-order valence-electron chi connectivity index (χ0n) is 17.5. The molecule has 1 nitrogen and oxygen atoms in total. The Bertz CT molecular complexity index is 524. The smallest absolute Gasteiger partial charge is 0.146 e. The molecule has 25 heavy (non-hydrogen) atoms. The van der Waals surface area contributed by atoms with E-state index < -0.39 is 8.07 Å². The van der Waals surface area contributed by atoms with E-state index in [1.807, 2.05) is 0 Å². The van der Waals surface area contributed by atoms with Crippen molar-refractivity contribution in [3.8, 4) is 17.2 Å². The lowest BCUT2D eigenvalue weighted by molar-refractivity contribution is 0.305. The molecule has 0 N–H and O–H groups in total. The second kappa shape index (κ2) is 10.7. The van der Waals surface area contributed by atoms with Gasteiger partial charge in [0.05, 0.1) is 6.61 Å². The van der Waals surface area contributed by atoms with Crippen molar-refractivity contribution >= 4 is 8.07 Å². The predicted molar refractivity (Wildman–Crippen MR) is 114 cm³/mol. The Morgan fingerprint density at radius 3 is 1.88 bits per heavy atom. The van der Waals surface area contributed by atoms with E-state index in [1.165, 1.54) is 19.3 Å². The molecule has 0 saturated heterocycles. The van der Waals surface area contributed by atoms with Gasteiger partial charge in [0.1, 0.15) is 13.8 Å². The van der Waals surface area contributed by atoms with Gasteiger partial charge in [0.15, 0.2) is 0 Å². The van der Waals surface area contributed by atoms with Gasteiger partial charge in [0, 0.05) is 5.56 Å². The average Bonchev–Trinajstić information content (AvgIpc) is 2.55. The van der Waals surface area contributed by atoms with Crippen LogP contribution in [0.2, 0.25) is 16.6 Å². The standard InChI is InChI=1S/C23H38OSi/c1-8-9-10-11-17-24-23-14-12-22(13-15-23)16-18-25(19(2)3,20(4)5)21(6)7/h12-15,19-21H,8-11,17H2,1-7H3. The van der Waals surface area contributed by atoms with Crippen molar-refractivity contribution in [3.05, 3.63) is 29.8 Å². The topological polar surface area (TPSA) is 9.23 Å². The fraction of sp³-hybridized carbons (Fsp3) is 0.652. The van der Waals surface area contributed by atoms with Crippen LogP contribution in [0.15, 0.2) is 24.3 Å². The third-order valence-electron chi connectivity index (χ3n) is 5.41. The van der Waals surface area contributed by atoms with Crippen molar-refractivity contribution in [2.45, 2.75) is 90.8 Å². The van der Waals surface area contributed by atoms with Crippen LogP contribution in [0.5, 0.6) is 5.75 Å². The summed E-state index contributed by atoms with van der Waals surface area (Å²) >= 11 is 0. The van der Waals surface area contributed by atoms with E-state index in [0.717, 1.165) is 24.3 Å². The molecular formula is C23H38OSi. The summed E-state index contributed by atoms with van der Waals surface area (Å²) in [7, 11) is -1.65. The van der Waals surface area contributed by atoms with Crippen LogP contribution in [0.4, 0.5) is 0 Å². The highest BCUT2D eigenvalue weighted by atomic mass is 28.3. The van der Waals surface area contributed by atoms with Gasteiger partial charge < -0.3 is 4.74 Å². The quantitative estimate of drug-likeness (QED) is 0.257. The van der Waals surface area contributed by atoms with Crippen LogP contribution in [-0.2, 0) is 0 Å². The molecule has 0 aliphatic carbocycles. The summed E-state index contributed by atoms with van der Waals surface area (Å²) in [5, 5.41) is 0. The summed E-state index contributed by atoms with van der Waals surface area (Å²) in [6.07, 6.45) is 4.96. The summed E-state index contributed by atoms with van der Waals surface area (Å²) in [4.78, 5) is 0. The minimum atomic E-state index is -1.65. The van der Waals surface area contributed by atoms with Gasteiger partial charge in [0.25, 0.3) is 0 Å². The Hall–Kier alpha value is -1.20. The molecular weight excluding hydrogens is 320 g/mol. The molecule has 0 aliphatic rings. The second-order valence-electron chi connectivity index (χ2n) is 8.08. The Labute approximate surface area is 157 Å². The molecule has 0 heterocycles. The van der Waals surface area contributed by atoms with E-state index in [9.17, 15) is 0 Å². The number of ether oxygens (including phenoxy) is 1. The van der Waals surface area contributed by atoms with Gasteiger partial charge in [0.2, 0.25) is 0 Å². The molecule has 2 heteroatoms. The van der Waals surface area contributed by atoms with E-state index in [4.69, 9.17) is 4.74 Å². The molecule has 0 saturated carbocycles. The Morgan fingerprint density at radius 1 is 0.840 bits per heavy atom. The highest BCUT2D eigenvalue weighted by Crippen LogP contribution is 2.40. The zero-order valence-corrected chi connectivity index (χ0v) is 18.5. The predicted octanol–water partition coefficient (Wildman–Crippen LogP) is 7.22. The highest BCUT2D eigenvalue weighted by molar-refractivity contribution is 6.90. The van der Waals surface area contributed by atoms with Crippen LogP contribution < -0.4 is 4.74 Å². The van der Waals surface area contributed by atoms with Crippen LogP contribution >= 0.6 is 0 Å². The molecule has 1 aromatic carbocycles. The monoisotopic (exact) mass is 358 g/mol. The highest BCUT2D eigenvalue weighted by Gasteiger charge is 2.41. The summed E-state index contributed by atoms with van der Waals surface area (Å²) in [6, 6.07) is 8.34. The Morgan fingerprint density at radius 2 is 1.40 bits per heavy atom. The van der Waals surface area contributed by atoms with Crippen LogP contribution in [0.25, 0.3) is 0 Å². The summed E-state index contributed by atoms with van der Waals surface area (Å²) in [5.74, 6) is 4.46. The third kappa shape index (κ3) is 6.23. The fourth-order valence-electron chi connectivity index (χ4n) is 3.97. The molecule has 0 aromatic heterocycles. The van der Waals surface area contributed by atoms with Crippen molar-refractivity contribution in [3.63, 3.8) is 0 Å². The van der Waals surface area contributed by atoms with Crippen LogP contribution in [-0.4, -0.2) is 14.7 Å². The zero-order chi connectivity index (χ0) is 18.9. The lowest BCUT2D eigenvalue weighted by atomic mass is 10.2. The van der Waals surface area contributed by atoms with Gasteiger partial charge in [-0.25, -0.2) is 0 Å². The van der Waals surface area contributed by atoms with Crippen molar-refractivity contribution < 1.29 is 4.74 Å². The molecule has 0 fully saturated rings. The van der Waals surface area contributed by atoms with Crippen LogP contribution in [0.1, 0.15) is 79.7 Å². The van der Waals surface area contributed by atoms with Gasteiger partial charge in [-0.1, -0.05) is 73.6 Å². The summed E-state index contributed by atoms with van der Waals surface area (Å²) in [5.41, 5.74) is 6.91. The van der Waals surface area contributed by atoms with Gasteiger partial charge >= 0.3 is 0 Å². The molecule has 0 aliphatic heterocycles. The Kier molecular flexibility index (Phi) is 9.36. The number of benzene rings is 1. The summed E-state index contributed by atoms with van der Waals surface area (Å²) in [6.45, 7) is 17.2. The molecule has 0 unspecified atom stereocenters. The van der Waals surface area contributed by atoms with Gasteiger partial charge in [-0.15, -0.1) is 5.54 Å². The van der Waals surface area contributed by atoms with Crippen molar-refractivity contribution in [1.82, 2.24) is 0 Å². The maximum Gasteiger partial charge on any atom is 0.146 e. The second-order valence-corrected chi connectivity index (χ2v) is 13.7. The molecule has 0 spiro atoms. The number of hydrogen-bond donors (Lipinski definition) is 0. The molecule has 0 bridgehead atoms. The number of unbranched alkanes of at least 4 members (excludes halogenated alkanes) is 3. The normalized spacial score (nSPS) is 11.8. The van der Waals surface area contributed by atoms with Gasteiger partial charge in [-0.05, 0) is 47.3 Å². The van der Waals surface area contributed by atoms with Gasteiger partial charge in [-0.3, -0.25) is 0 Å². The van der Waals surface area contributed by atoms with E-state index in [0.29, 0.717) is 16.6 Å². The first-order chi connectivity index (χ1) is 11.8. The lowest BCUT2D eigenvalue weighted by Crippen LogP contribution is -2.43. The molecule has 1 aromatic rings. The first-order valence-electron chi connectivity index (χ1n) is 10.1. The summed E-state index contributed by atoms with van der Waals surface area (Å²) < 4.78 is 5.83. The minimum Gasteiger partial charge on any atom is -0.494 e. The molecule has 0 amide bonds. The van der Waals surface area contributed by atoms with E-state index >= 15 is 0 Å². The van der Waals surface area contributed by atoms with Gasteiger partial charge in [-0.2, -0.15) is 0 Å². The van der Waals surface area contributed by atoms with Crippen molar-refractivity contribution in [2.75, 3.05) is 6.61 Å². The average molecular weight is 359 g/mol. The first-order valence-corrected chi connectivity index (χ1v) is 12.3. The SMILES string of the molecule is CCCCCCOc1ccc(C#C[Si](C(C)C)(C(C)C)C(C)C)cc1. The fourth-order valence-corrected chi connectivity index (χ4v) is 9.19. The van der Waals surface area contributed by atoms with Crippen LogP contribution in [0, 0.1) is 11.5 Å². The first kappa shape index (κ1) is 21.8. The molecule has 1 rings (SSSR count). The van der Waals surface area contributed by atoms with Crippen molar-refractivity contribution in [2.24, 2.45) is 0 Å². The largest absolute Gasteiger partial charge is 0.494 e. The lowest BCUT2D eigenvalue weighted by Gasteiger charge is -2.38. The van der Waals surface area contributed by atoms with E-state index in [-0.39, 0.29) is 0 Å². The maximum atomic E-state index is 5.83. The third-order valence-corrected chi connectivity index (χ3v) is 11.7. The maximum absolute atomic E-state index is 5.83. The molecule has 0 radical (unpaired) electrons. The van der Waals surface area contributed by atoms with Crippen LogP contribution in [0.3, 0.4) is 0 Å². The van der Waals surface area contributed by atoms with Crippen molar-refractivity contribution in [1.29, 1.82) is 0 Å². The minimum absolute atomic E-state index is 0.672. The number of hydrogen-bond acceptors (Lipinski definition) is 1. The van der Waals surface area contributed by atoms with E-state index in [1.54, 1.807) is 0 Å². The Balaban J connectivity index is 2.78. The molecule has 140 valence electrons.